The van der Waals surface area contributed by atoms with Crippen molar-refractivity contribution in [2.45, 2.75) is 6.18 Å². The van der Waals surface area contributed by atoms with Gasteiger partial charge in [0.05, 0.1) is 12.1 Å². The predicted molar refractivity (Wildman–Crippen MR) is 77.1 cm³/mol. The summed E-state index contributed by atoms with van der Waals surface area (Å²) in [6.45, 7) is -0.0353. The lowest BCUT2D eigenvalue weighted by Gasteiger charge is -2.05. The van der Waals surface area contributed by atoms with Gasteiger partial charge >= 0.3 is 6.18 Å². The first-order valence-corrected chi connectivity index (χ1v) is 6.56. The fourth-order valence-electron chi connectivity index (χ4n) is 1.75. The van der Waals surface area contributed by atoms with Gasteiger partial charge in [-0.25, -0.2) is 4.39 Å². The summed E-state index contributed by atoms with van der Waals surface area (Å²) in [5.74, 6) is 4.22. The van der Waals surface area contributed by atoms with Gasteiger partial charge in [0.1, 0.15) is 5.82 Å². The van der Waals surface area contributed by atoms with Crippen molar-refractivity contribution in [1.82, 2.24) is 5.32 Å². The fraction of sp³-hybridized carbons (Fsp3) is 0.118. The molecular weight excluding hydrogens is 310 g/mol. The summed E-state index contributed by atoms with van der Waals surface area (Å²) in [7, 11) is 0. The van der Waals surface area contributed by atoms with Crippen molar-refractivity contribution >= 4 is 5.91 Å². The summed E-state index contributed by atoms with van der Waals surface area (Å²) in [6.07, 6.45) is -4.42. The van der Waals surface area contributed by atoms with Gasteiger partial charge in [0.15, 0.2) is 0 Å². The molecule has 0 fully saturated rings. The monoisotopic (exact) mass is 321 g/mol. The molecule has 0 heterocycles. The van der Waals surface area contributed by atoms with E-state index in [1.54, 1.807) is 0 Å². The fourth-order valence-corrected chi connectivity index (χ4v) is 1.75. The second-order valence-electron chi connectivity index (χ2n) is 4.57. The SMILES string of the molecule is O=C(NCC#Cc1cccc(C(F)(F)F)c1)c1ccc(F)cc1. The minimum Gasteiger partial charge on any atom is -0.341 e. The van der Waals surface area contributed by atoms with E-state index in [1.165, 1.54) is 24.3 Å². The molecule has 0 saturated carbocycles. The van der Waals surface area contributed by atoms with Crippen LogP contribution in [0.3, 0.4) is 0 Å². The topological polar surface area (TPSA) is 29.1 Å². The van der Waals surface area contributed by atoms with Crippen LogP contribution in [0.25, 0.3) is 0 Å². The first kappa shape index (κ1) is 16.6. The van der Waals surface area contributed by atoms with Crippen molar-refractivity contribution in [1.29, 1.82) is 0 Å². The van der Waals surface area contributed by atoms with Crippen LogP contribution >= 0.6 is 0 Å². The Balaban J connectivity index is 1.96. The van der Waals surface area contributed by atoms with Gasteiger partial charge in [-0.1, -0.05) is 17.9 Å². The van der Waals surface area contributed by atoms with Crippen molar-refractivity contribution < 1.29 is 22.4 Å². The van der Waals surface area contributed by atoms with E-state index >= 15 is 0 Å². The summed E-state index contributed by atoms with van der Waals surface area (Å²) in [6, 6.07) is 9.58. The number of hydrogen-bond donors (Lipinski definition) is 1. The number of benzene rings is 2. The molecular formula is C17H11F4NO. The average molecular weight is 321 g/mol. The summed E-state index contributed by atoms with van der Waals surface area (Å²) in [5.41, 5.74) is -0.303. The molecule has 2 nitrogen and oxygen atoms in total. The lowest BCUT2D eigenvalue weighted by Crippen LogP contribution is -2.23. The molecule has 0 saturated heterocycles. The van der Waals surface area contributed by atoms with E-state index in [9.17, 15) is 22.4 Å². The smallest absolute Gasteiger partial charge is 0.341 e. The van der Waals surface area contributed by atoms with E-state index in [1.807, 2.05) is 0 Å². The van der Waals surface area contributed by atoms with Crippen LogP contribution in [0.5, 0.6) is 0 Å². The van der Waals surface area contributed by atoms with Crippen LogP contribution in [0.15, 0.2) is 48.5 Å². The van der Waals surface area contributed by atoms with Crippen LogP contribution in [-0.4, -0.2) is 12.5 Å². The second-order valence-corrected chi connectivity index (χ2v) is 4.57. The molecule has 23 heavy (non-hydrogen) atoms. The highest BCUT2D eigenvalue weighted by molar-refractivity contribution is 5.94. The molecule has 1 amide bonds. The molecule has 0 atom stereocenters. The van der Waals surface area contributed by atoms with Crippen LogP contribution in [-0.2, 0) is 6.18 Å². The number of carbonyl (C=O) groups is 1. The Morgan fingerprint density at radius 3 is 2.43 bits per heavy atom. The zero-order valence-electron chi connectivity index (χ0n) is 11.7. The third kappa shape index (κ3) is 4.85. The highest BCUT2D eigenvalue weighted by Crippen LogP contribution is 2.29. The number of rotatable bonds is 2. The van der Waals surface area contributed by atoms with Crippen molar-refractivity contribution in [3.63, 3.8) is 0 Å². The Morgan fingerprint density at radius 1 is 1.09 bits per heavy atom. The molecule has 0 aliphatic rings. The van der Waals surface area contributed by atoms with Crippen molar-refractivity contribution in [2.24, 2.45) is 0 Å². The van der Waals surface area contributed by atoms with Gasteiger partial charge < -0.3 is 5.32 Å². The lowest BCUT2D eigenvalue weighted by molar-refractivity contribution is -0.137. The van der Waals surface area contributed by atoms with Gasteiger partial charge in [-0.05, 0) is 42.5 Å². The first-order valence-electron chi connectivity index (χ1n) is 6.56. The lowest BCUT2D eigenvalue weighted by atomic mass is 10.1. The van der Waals surface area contributed by atoms with E-state index in [0.717, 1.165) is 24.3 Å². The van der Waals surface area contributed by atoms with Crippen molar-refractivity contribution in [2.75, 3.05) is 6.54 Å². The number of amides is 1. The summed E-state index contributed by atoms with van der Waals surface area (Å²) < 4.78 is 50.4. The molecule has 0 unspecified atom stereocenters. The van der Waals surface area contributed by atoms with Gasteiger partial charge in [0, 0.05) is 11.1 Å². The quantitative estimate of drug-likeness (QED) is 0.664. The van der Waals surface area contributed by atoms with Crippen LogP contribution in [0.1, 0.15) is 21.5 Å². The van der Waals surface area contributed by atoms with Crippen LogP contribution in [0.2, 0.25) is 0 Å². The van der Waals surface area contributed by atoms with Crippen molar-refractivity contribution in [3.8, 4) is 11.8 Å². The third-order valence-electron chi connectivity index (χ3n) is 2.87. The minimum absolute atomic E-state index is 0.0353. The Kier molecular flexibility index (Phi) is 5.02. The first-order chi connectivity index (χ1) is 10.9. The van der Waals surface area contributed by atoms with Gasteiger partial charge in [-0.3, -0.25) is 4.79 Å². The molecule has 0 aromatic heterocycles. The minimum atomic E-state index is -4.42. The predicted octanol–water partition coefficient (Wildman–Crippen LogP) is 3.63. The molecule has 0 aliphatic carbocycles. The Morgan fingerprint density at radius 2 is 1.78 bits per heavy atom. The van der Waals surface area contributed by atoms with Crippen LogP contribution in [0, 0.1) is 17.7 Å². The molecule has 0 radical (unpaired) electrons. The molecule has 118 valence electrons. The highest BCUT2D eigenvalue weighted by Gasteiger charge is 2.30. The Bertz CT molecular complexity index is 755. The highest BCUT2D eigenvalue weighted by atomic mass is 19.4. The maximum atomic E-state index is 12.7. The van der Waals surface area contributed by atoms with E-state index in [-0.39, 0.29) is 17.7 Å². The summed E-state index contributed by atoms with van der Waals surface area (Å²) >= 11 is 0. The normalized spacial score (nSPS) is 10.6. The Hall–Kier alpha value is -2.81. The van der Waals surface area contributed by atoms with E-state index < -0.39 is 23.5 Å². The standard InChI is InChI=1S/C17H11F4NO/c18-15-8-6-13(7-9-15)16(23)22-10-2-4-12-3-1-5-14(11-12)17(19,20)21/h1,3,5-9,11H,10H2,(H,22,23). The average Bonchev–Trinajstić information content (AvgIpc) is 2.51. The van der Waals surface area contributed by atoms with E-state index in [0.29, 0.717) is 0 Å². The van der Waals surface area contributed by atoms with Crippen LogP contribution < -0.4 is 5.32 Å². The van der Waals surface area contributed by atoms with Crippen LogP contribution in [0.4, 0.5) is 17.6 Å². The molecule has 1 N–H and O–H groups in total. The van der Waals surface area contributed by atoms with Gasteiger partial charge in [0.2, 0.25) is 0 Å². The Labute approximate surface area is 130 Å². The number of carbonyl (C=O) groups excluding carboxylic acids is 1. The van der Waals surface area contributed by atoms with E-state index in [4.69, 9.17) is 0 Å². The molecule has 0 aliphatic heterocycles. The zero-order chi connectivity index (χ0) is 16.9. The van der Waals surface area contributed by atoms with Crippen molar-refractivity contribution in [3.05, 3.63) is 71.0 Å². The maximum Gasteiger partial charge on any atom is 0.416 e. The number of nitrogens with one attached hydrogen (secondary N) is 1. The largest absolute Gasteiger partial charge is 0.416 e. The van der Waals surface area contributed by atoms with Gasteiger partial charge in [0.25, 0.3) is 5.91 Å². The molecule has 0 bridgehead atoms. The number of hydrogen-bond acceptors (Lipinski definition) is 1. The number of halogens is 4. The molecule has 2 rings (SSSR count). The number of alkyl halides is 3. The molecule has 2 aromatic carbocycles. The molecule has 2 aromatic rings. The zero-order valence-corrected chi connectivity index (χ0v) is 11.7. The van der Waals surface area contributed by atoms with Gasteiger partial charge in [-0.2, -0.15) is 13.2 Å². The second kappa shape index (κ2) is 6.97. The molecule has 0 spiro atoms. The summed E-state index contributed by atoms with van der Waals surface area (Å²) in [5, 5.41) is 2.48. The summed E-state index contributed by atoms with van der Waals surface area (Å²) in [4.78, 5) is 11.7. The van der Waals surface area contributed by atoms with E-state index in [2.05, 4.69) is 17.2 Å². The maximum absolute atomic E-state index is 12.7. The van der Waals surface area contributed by atoms with Gasteiger partial charge in [-0.15, -0.1) is 0 Å². The third-order valence-corrected chi connectivity index (χ3v) is 2.87. The molecule has 6 heteroatoms.